The summed E-state index contributed by atoms with van der Waals surface area (Å²) in [7, 11) is 0. The minimum Gasteiger partial charge on any atom is -0.299 e. The summed E-state index contributed by atoms with van der Waals surface area (Å²) in [5.74, 6) is -0.332. The molecule has 0 N–H and O–H groups in total. The first-order valence-corrected chi connectivity index (χ1v) is 5.85. The summed E-state index contributed by atoms with van der Waals surface area (Å²) in [6, 6.07) is 7.38. The topological polar surface area (TPSA) is 34.1 Å². The molecule has 3 heteroatoms. The second-order valence-corrected chi connectivity index (χ2v) is 4.54. The summed E-state index contributed by atoms with van der Waals surface area (Å²) in [5.41, 5.74) is 0.887. The third kappa shape index (κ3) is 2.33. The second-order valence-electron chi connectivity index (χ2n) is 4.13. The first-order valence-electron chi connectivity index (χ1n) is 5.47. The van der Waals surface area contributed by atoms with Gasteiger partial charge < -0.3 is 0 Å². The van der Waals surface area contributed by atoms with Crippen LogP contribution in [0, 0.1) is 5.92 Å². The molecule has 0 amide bonds. The van der Waals surface area contributed by atoms with Gasteiger partial charge in [0.1, 0.15) is 11.6 Å². The van der Waals surface area contributed by atoms with Crippen LogP contribution in [0.1, 0.15) is 24.8 Å². The number of rotatable bonds is 2. The summed E-state index contributed by atoms with van der Waals surface area (Å²) < 4.78 is 0. The molecule has 1 fully saturated rings. The summed E-state index contributed by atoms with van der Waals surface area (Å²) in [5, 5.41) is 0.633. The Morgan fingerprint density at radius 1 is 1.12 bits per heavy atom. The Balaban J connectivity index is 2.17. The van der Waals surface area contributed by atoms with E-state index in [9.17, 15) is 9.59 Å². The molecule has 1 aliphatic rings. The van der Waals surface area contributed by atoms with Gasteiger partial charge in [0.05, 0.1) is 5.92 Å². The predicted molar refractivity (Wildman–Crippen MR) is 62.5 cm³/mol. The number of hydrogen-bond acceptors (Lipinski definition) is 2. The second kappa shape index (κ2) is 4.79. The van der Waals surface area contributed by atoms with E-state index < -0.39 is 5.92 Å². The first kappa shape index (κ1) is 11.3. The van der Waals surface area contributed by atoms with Crippen molar-refractivity contribution >= 4 is 23.2 Å². The molecule has 1 saturated carbocycles. The van der Waals surface area contributed by atoms with Gasteiger partial charge in [-0.25, -0.2) is 0 Å². The minimum absolute atomic E-state index is 0.0659. The molecule has 0 unspecified atom stereocenters. The van der Waals surface area contributed by atoms with Crippen LogP contribution in [0.3, 0.4) is 0 Å². The zero-order valence-corrected chi connectivity index (χ0v) is 9.67. The first-order chi connectivity index (χ1) is 7.68. The number of halogens is 1. The van der Waals surface area contributed by atoms with E-state index in [1.807, 2.05) is 18.2 Å². The maximum atomic E-state index is 11.7. The fourth-order valence-electron chi connectivity index (χ4n) is 2.08. The SMILES string of the molecule is O=C1CCCC(=O)C1Cc1ccccc1Cl. The molecule has 0 atom stereocenters. The van der Waals surface area contributed by atoms with E-state index in [4.69, 9.17) is 11.6 Å². The van der Waals surface area contributed by atoms with Crippen molar-refractivity contribution in [2.24, 2.45) is 5.92 Å². The molecule has 0 saturated heterocycles. The largest absolute Gasteiger partial charge is 0.299 e. The van der Waals surface area contributed by atoms with Crippen LogP contribution in [0.15, 0.2) is 24.3 Å². The van der Waals surface area contributed by atoms with Crippen LogP contribution in [-0.2, 0) is 16.0 Å². The molecule has 0 aliphatic heterocycles. The van der Waals surface area contributed by atoms with E-state index >= 15 is 0 Å². The van der Waals surface area contributed by atoms with Gasteiger partial charge in [-0.2, -0.15) is 0 Å². The highest BCUT2D eigenvalue weighted by Gasteiger charge is 2.30. The molecule has 0 bridgehead atoms. The molecule has 1 aromatic rings. The normalized spacial score (nSPS) is 17.8. The molecule has 0 spiro atoms. The zero-order valence-electron chi connectivity index (χ0n) is 8.91. The van der Waals surface area contributed by atoms with Crippen LogP contribution in [0.25, 0.3) is 0 Å². The molecule has 84 valence electrons. The minimum atomic E-state index is -0.464. The number of ketones is 2. The van der Waals surface area contributed by atoms with Crippen LogP contribution in [0.4, 0.5) is 0 Å². The highest BCUT2D eigenvalue weighted by molar-refractivity contribution is 6.31. The highest BCUT2D eigenvalue weighted by atomic mass is 35.5. The van der Waals surface area contributed by atoms with Crippen LogP contribution in [-0.4, -0.2) is 11.6 Å². The van der Waals surface area contributed by atoms with Gasteiger partial charge in [-0.1, -0.05) is 29.8 Å². The molecule has 2 rings (SSSR count). The van der Waals surface area contributed by atoms with Gasteiger partial charge in [0, 0.05) is 17.9 Å². The third-order valence-electron chi connectivity index (χ3n) is 3.01. The maximum Gasteiger partial charge on any atom is 0.143 e. The fourth-order valence-corrected chi connectivity index (χ4v) is 2.29. The average Bonchev–Trinajstić information content (AvgIpc) is 2.26. The van der Waals surface area contributed by atoms with E-state index in [2.05, 4.69) is 0 Å². The monoisotopic (exact) mass is 236 g/mol. The van der Waals surface area contributed by atoms with Crippen LogP contribution in [0.5, 0.6) is 0 Å². The van der Waals surface area contributed by atoms with E-state index in [-0.39, 0.29) is 11.6 Å². The Morgan fingerprint density at radius 3 is 2.38 bits per heavy atom. The fraction of sp³-hybridized carbons (Fsp3) is 0.385. The standard InChI is InChI=1S/C13H13ClO2/c14-11-5-2-1-4-9(11)8-10-12(15)6-3-7-13(10)16/h1-2,4-5,10H,3,6-8H2. The molecule has 1 aliphatic carbocycles. The molecule has 16 heavy (non-hydrogen) atoms. The Hall–Kier alpha value is -1.15. The maximum absolute atomic E-state index is 11.7. The third-order valence-corrected chi connectivity index (χ3v) is 3.37. The van der Waals surface area contributed by atoms with E-state index in [0.717, 1.165) is 5.56 Å². The molecule has 2 nitrogen and oxygen atoms in total. The number of carbonyl (C=O) groups excluding carboxylic acids is 2. The molecule has 0 heterocycles. The Labute approximate surface area is 99.6 Å². The number of carbonyl (C=O) groups is 2. The van der Waals surface area contributed by atoms with Crippen LogP contribution in [0.2, 0.25) is 5.02 Å². The lowest BCUT2D eigenvalue weighted by Crippen LogP contribution is -2.30. The van der Waals surface area contributed by atoms with Crippen molar-refractivity contribution in [1.29, 1.82) is 0 Å². The van der Waals surface area contributed by atoms with Gasteiger partial charge >= 0.3 is 0 Å². The van der Waals surface area contributed by atoms with Gasteiger partial charge in [-0.05, 0) is 24.5 Å². The molecule has 1 aromatic carbocycles. The molecule has 0 radical (unpaired) electrons. The van der Waals surface area contributed by atoms with E-state index in [0.29, 0.717) is 30.7 Å². The molecular formula is C13H13ClO2. The quantitative estimate of drug-likeness (QED) is 0.740. The zero-order chi connectivity index (χ0) is 11.5. The summed E-state index contributed by atoms with van der Waals surface area (Å²) >= 11 is 6.02. The Morgan fingerprint density at radius 2 is 1.75 bits per heavy atom. The van der Waals surface area contributed by atoms with E-state index in [1.54, 1.807) is 6.07 Å². The van der Waals surface area contributed by atoms with Crippen molar-refractivity contribution in [3.05, 3.63) is 34.9 Å². The average molecular weight is 237 g/mol. The van der Waals surface area contributed by atoms with Crippen molar-refractivity contribution in [2.45, 2.75) is 25.7 Å². The van der Waals surface area contributed by atoms with Gasteiger partial charge in [0.25, 0.3) is 0 Å². The molecule has 0 aromatic heterocycles. The van der Waals surface area contributed by atoms with Crippen molar-refractivity contribution < 1.29 is 9.59 Å². The predicted octanol–water partition coefficient (Wildman–Crippen LogP) is 2.82. The van der Waals surface area contributed by atoms with Crippen LogP contribution >= 0.6 is 11.6 Å². The summed E-state index contributed by atoms with van der Waals surface area (Å²) in [6.07, 6.45) is 2.22. The van der Waals surface area contributed by atoms with Crippen molar-refractivity contribution in [3.8, 4) is 0 Å². The lowest BCUT2D eigenvalue weighted by molar-refractivity contribution is -0.135. The Kier molecular flexibility index (Phi) is 3.39. The summed E-state index contributed by atoms with van der Waals surface area (Å²) in [4.78, 5) is 23.3. The number of benzene rings is 1. The van der Waals surface area contributed by atoms with Gasteiger partial charge in [0.2, 0.25) is 0 Å². The van der Waals surface area contributed by atoms with Crippen molar-refractivity contribution in [2.75, 3.05) is 0 Å². The number of hydrogen-bond donors (Lipinski definition) is 0. The summed E-state index contributed by atoms with van der Waals surface area (Å²) in [6.45, 7) is 0. The lowest BCUT2D eigenvalue weighted by Gasteiger charge is -2.19. The van der Waals surface area contributed by atoms with Gasteiger partial charge in [-0.3, -0.25) is 9.59 Å². The van der Waals surface area contributed by atoms with Gasteiger partial charge in [0.15, 0.2) is 0 Å². The van der Waals surface area contributed by atoms with Crippen molar-refractivity contribution in [3.63, 3.8) is 0 Å². The van der Waals surface area contributed by atoms with E-state index in [1.165, 1.54) is 0 Å². The molecular weight excluding hydrogens is 224 g/mol. The highest BCUT2D eigenvalue weighted by Crippen LogP contribution is 2.24. The Bertz CT molecular complexity index is 410. The van der Waals surface area contributed by atoms with Crippen molar-refractivity contribution in [1.82, 2.24) is 0 Å². The smallest absolute Gasteiger partial charge is 0.143 e. The van der Waals surface area contributed by atoms with Crippen LogP contribution < -0.4 is 0 Å². The lowest BCUT2D eigenvalue weighted by atomic mass is 9.82. The number of Topliss-reactive ketones (excluding diaryl/α,β-unsaturated/α-hetero) is 2. The van der Waals surface area contributed by atoms with Gasteiger partial charge in [-0.15, -0.1) is 0 Å².